The number of Topliss-reactive ketones (excluding diaryl/α,β-unsaturated/α-hetero) is 1. The third-order valence-electron chi connectivity index (χ3n) is 6.93. The van der Waals surface area contributed by atoms with E-state index in [9.17, 15) is 27.6 Å². The van der Waals surface area contributed by atoms with Gasteiger partial charge in [-0.3, -0.25) is 14.4 Å². The van der Waals surface area contributed by atoms with E-state index in [1.165, 1.54) is 18.4 Å². The summed E-state index contributed by atoms with van der Waals surface area (Å²) < 4.78 is 45.3. The van der Waals surface area contributed by atoms with E-state index in [0.29, 0.717) is 0 Å². The van der Waals surface area contributed by atoms with Gasteiger partial charge in [-0.15, -0.1) is 0 Å². The van der Waals surface area contributed by atoms with Crippen LogP contribution in [-0.2, 0) is 15.8 Å². The number of carbonyl (C=O) groups is 3. The van der Waals surface area contributed by atoms with Gasteiger partial charge in [0.05, 0.1) is 35.4 Å². The minimum atomic E-state index is -4.64. The monoisotopic (exact) mass is 478 g/mol. The number of imide groups is 1. The van der Waals surface area contributed by atoms with E-state index in [1.54, 1.807) is 23.2 Å². The van der Waals surface area contributed by atoms with Gasteiger partial charge in [0.25, 0.3) is 0 Å². The summed E-state index contributed by atoms with van der Waals surface area (Å²) in [5.74, 6) is -3.80. The summed E-state index contributed by atoms with van der Waals surface area (Å²) in [6.45, 7) is 0. The van der Waals surface area contributed by atoms with Crippen molar-refractivity contribution >= 4 is 29.4 Å². The van der Waals surface area contributed by atoms with Crippen LogP contribution in [0, 0.1) is 11.8 Å². The van der Waals surface area contributed by atoms with Crippen molar-refractivity contribution in [1.82, 2.24) is 4.90 Å². The Bertz CT molecular complexity index is 1400. The van der Waals surface area contributed by atoms with Crippen molar-refractivity contribution in [3.63, 3.8) is 0 Å². The van der Waals surface area contributed by atoms with Crippen LogP contribution in [0.4, 0.5) is 18.9 Å². The molecule has 0 unspecified atom stereocenters. The molecule has 2 aromatic carbocycles. The number of rotatable bonds is 3. The summed E-state index contributed by atoms with van der Waals surface area (Å²) in [5.41, 5.74) is 0.478. The number of ketones is 1. The Kier molecular flexibility index (Phi) is 4.54. The molecule has 4 atom stereocenters. The van der Waals surface area contributed by atoms with Crippen LogP contribution < -0.4 is 4.90 Å². The number of alkyl halides is 3. The van der Waals surface area contributed by atoms with Crippen LogP contribution in [0.25, 0.3) is 6.08 Å². The second-order valence-corrected chi connectivity index (χ2v) is 8.73. The Morgan fingerprint density at radius 3 is 2.43 bits per heavy atom. The van der Waals surface area contributed by atoms with E-state index < -0.39 is 53.3 Å². The number of benzene rings is 2. The molecular formula is C26H17F3N2O4. The molecule has 3 aromatic rings. The highest BCUT2D eigenvalue weighted by Gasteiger charge is 2.64. The average Bonchev–Trinajstić information content (AvgIpc) is 3.55. The van der Waals surface area contributed by atoms with Gasteiger partial charge in [-0.1, -0.05) is 30.3 Å². The van der Waals surface area contributed by atoms with Gasteiger partial charge >= 0.3 is 6.18 Å². The highest BCUT2D eigenvalue weighted by Crippen LogP contribution is 2.53. The fourth-order valence-electron chi connectivity index (χ4n) is 5.50. The lowest BCUT2D eigenvalue weighted by Crippen LogP contribution is -2.44. The van der Waals surface area contributed by atoms with E-state index in [4.69, 9.17) is 4.42 Å². The summed E-state index contributed by atoms with van der Waals surface area (Å²) in [6.07, 6.45) is 0.218. The smallest absolute Gasteiger partial charge is 0.416 e. The number of hydrogen-bond acceptors (Lipinski definition) is 5. The molecule has 6 nitrogen and oxygen atoms in total. The average molecular weight is 478 g/mol. The maximum Gasteiger partial charge on any atom is 0.416 e. The lowest BCUT2D eigenvalue weighted by Gasteiger charge is -2.35. The Morgan fingerprint density at radius 2 is 1.69 bits per heavy atom. The molecule has 6 rings (SSSR count). The fourth-order valence-corrected chi connectivity index (χ4v) is 5.50. The molecule has 1 aromatic heterocycles. The Hall–Kier alpha value is -4.14. The summed E-state index contributed by atoms with van der Waals surface area (Å²) >= 11 is 0. The van der Waals surface area contributed by atoms with Crippen molar-refractivity contribution in [2.24, 2.45) is 11.8 Å². The zero-order valence-corrected chi connectivity index (χ0v) is 18.0. The molecule has 0 saturated carbocycles. The summed E-state index contributed by atoms with van der Waals surface area (Å²) in [6, 6.07) is 12.8. The van der Waals surface area contributed by atoms with Gasteiger partial charge in [-0.05, 0) is 47.5 Å². The molecule has 0 radical (unpaired) electrons. The van der Waals surface area contributed by atoms with Gasteiger partial charge in [0, 0.05) is 6.20 Å². The fraction of sp³-hybridized carbons (Fsp3) is 0.192. The standard InChI is InChI=1S/C26H17F3N2O4/c27-26(28,29)15-6-3-7-16(13-15)31-24(33)19-20(25(31)34)22(23(32)18-9-4-12-35-18)30-11-10-14-5-1-2-8-17(14)21(19)30/h1-13,19-22H/t19-,20+,21+,22-/m0/s1. The van der Waals surface area contributed by atoms with E-state index in [2.05, 4.69) is 0 Å². The highest BCUT2D eigenvalue weighted by atomic mass is 19.4. The highest BCUT2D eigenvalue weighted by molar-refractivity contribution is 6.24. The molecule has 0 aliphatic carbocycles. The van der Waals surface area contributed by atoms with Crippen LogP contribution in [0.2, 0.25) is 0 Å². The van der Waals surface area contributed by atoms with Crippen molar-refractivity contribution in [3.05, 3.63) is 95.6 Å². The van der Waals surface area contributed by atoms with Crippen molar-refractivity contribution < 1.29 is 32.0 Å². The van der Waals surface area contributed by atoms with Crippen LogP contribution in [0.5, 0.6) is 0 Å². The number of hydrogen-bond donors (Lipinski definition) is 0. The molecule has 2 fully saturated rings. The van der Waals surface area contributed by atoms with E-state index in [1.807, 2.05) is 24.3 Å². The zero-order valence-electron chi connectivity index (χ0n) is 18.0. The number of fused-ring (bicyclic) bond motifs is 5. The van der Waals surface area contributed by atoms with Gasteiger partial charge < -0.3 is 9.32 Å². The minimum absolute atomic E-state index is 0.0411. The Morgan fingerprint density at radius 1 is 0.914 bits per heavy atom. The largest absolute Gasteiger partial charge is 0.461 e. The van der Waals surface area contributed by atoms with Crippen LogP contribution in [0.3, 0.4) is 0 Å². The van der Waals surface area contributed by atoms with Crippen LogP contribution in [0.1, 0.15) is 33.3 Å². The van der Waals surface area contributed by atoms with Gasteiger partial charge in [0.2, 0.25) is 17.6 Å². The van der Waals surface area contributed by atoms with Crippen LogP contribution >= 0.6 is 0 Å². The van der Waals surface area contributed by atoms with E-state index >= 15 is 0 Å². The number of halogens is 3. The first-order chi connectivity index (χ1) is 16.8. The molecule has 176 valence electrons. The van der Waals surface area contributed by atoms with Gasteiger partial charge in [0.15, 0.2) is 5.76 Å². The third-order valence-corrected chi connectivity index (χ3v) is 6.93. The van der Waals surface area contributed by atoms with Crippen molar-refractivity contribution in [1.29, 1.82) is 0 Å². The maximum absolute atomic E-state index is 13.7. The number of nitrogens with zero attached hydrogens (tertiary/aromatic N) is 2. The second kappa shape index (κ2) is 7.43. The Labute approximate surface area is 197 Å². The van der Waals surface area contributed by atoms with Gasteiger partial charge in [-0.25, -0.2) is 4.90 Å². The quantitative estimate of drug-likeness (QED) is 0.403. The van der Waals surface area contributed by atoms with Gasteiger partial charge in [-0.2, -0.15) is 13.2 Å². The van der Waals surface area contributed by atoms with Crippen molar-refractivity contribution in [2.45, 2.75) is 18.3 Å². The number of carbonyl (C=O) groups excluding carboxylic acids is 3. The maximum atomic E-state index is 13.7. The van der Waals surface area contributed by atoms with Crippen LogP contribution in [-0.4, -0.2) is 28.5 Å². The third kappa shape index (κ3) is 3.07. The molecule has 35 heavy (non-hydrogen) atoms. The SMILES string of the molecule is O=C(c1ccco1)[C@@H]1[C@@H]2C(=O)N(c3cccc(C(F)(F)F)c3)C(=O)[C@@H]2[C@H]2c3ccccc3C=CN12. The molecule has 3 aliphatic rings. The molecule has 0 N–H and O–H groups in total. The first-order valence-electron chi connectivity index (χ1n) is 10.9. The summed E-state index contributed by atoms with van der Waals surface area (Å²) in [7, 11) is 0. The number of furan rings is 1. The van der Waals surface area contributed by atoms with Crippen LogP contribution in [0.15, 0.2) is 77.5 Å². The lowest BCUT2D eigenvalue weighted by molar-refractivity contribution is -0.137. The Balaban J connectivity index is 1.49. The molecule has 3 aliphatic heterocycles. The predicted molar refractivity (Wildman–Crippen MR) is 118 cm³/mol. The normalized spacial score (nSPS) is 25.0. The molecule has 2 saturated heterocycles. The predicted octanol–water partition coefficient (Wildman–Crippen LogP) is 4.70. The van der Waals surface area contributed by atoms with Gasteiger partial charge in [0.1, 0.15) is 6.04 Å². The minimum Gasteiger partial charge on any atom is -0.461 e. The number of anilines is 1. The van der Waals surface area contributed by atoms with E-state index in [-0.39, 0.29) is 11.4 Å². The molecule has 0 spiro atoms. The number of amides is 2. The first kappa shape index (κ1) is 21.4. The van der Waals surface area contributed by atoms with Crippen molar-refractivity contribution in [3.8, 4) is 0 Å². The molecule has 9 heteroatoms. The lowest BCUT2D eigenvalue weighted by atomic mass is 9.84. The summed E-state index contributed by atoms with van der Waals surface area (Å²) in [5, 5.41) is 0. The van der Waals surface area contributed by atoms with Crippen molar-refractivity contribution in [2.75, 3.05) is 4.90 Å². The topological polar surface area (TPSA) is 70.8 Å². The van der Waals surface area contributed by atoms with E-state index in [0.717, 1.165) is 34.2 Å². The summed E-state index contributed by atoms with van der Waals surface area (Å²) in [4.78, 5) is 43.4. The first-order valence-corrected chi connectivity index (χ1v) is 10.9. The molecule has 4 heterocycles. The molecule has 2 amide bonds. The zero-order chi connectivity index (χ0) is 24.5. The second-order valence-electron chi connectivity index (χ2n) is 8.73. The molecule has 0 bridgehead atoms. The molecular weight excluding hydrogens is 461 g/mol.